The van der Waals surface area contributed by atoms with Crippen LogP contribution in [0.3, 0.4) is 0 Å². The van der Waals surface area contributed by atoms with Crippen LogP contribution in [0, 0.1) is 0 Å². The topological polar surface area (TPSA) is 106 Å². The van der Waals surface area contributed by atoms with Gasteiger partial charge in [0.05, 0.1) is 26.7 Å². The van der Waals surface area contributed by atoms with Crippen LogP contribution < -0.4 is 14.8 Å². The molecule has 1 aromatic heterocycles. The number of alkyl halides is 3. The lowest BCUT2D eigenvalue weighted by Crippen LogP contribution is -2.48. The third-order valence-corrected chi connectivity index (χ3v) is 4.36. The highest BCUT2D eigenvalue weighted by Gasteiger charge is 2.58. The van der Waals surface area contributed by atoms with Gasteiger partial charge >= 0.3 is 6.18 Å². The number of hydrogen-bond acceptors (Lipinski definition) is 6. The van der Waals surface area contributed by atoms with Gasteiger partial charge in [-0.05, 0) is 18.2 Å². The van der Waals surface area contributed by atoms with E-state index in [9.17, 15) is 28.2 Å². The summed E-state index contributed by atoms with van der Waals surface area (Å²) in [6, 6.07) is 4.63. The maximum absolute atomic E-state index is 13.5. The van der Waals surface area contributed by atoms with Crippen LogP contribution in [0.5, 0.6) is 11.5 Å². The van der Waals surface area contributed by atoms with Crippen molar-refractivity contribution in [3.05, 3.63) is 42.0 Å². The fraction of sp³-hybridized carbons (Fsp3) is 0.444. The quantitative estimate of drug-likeness (QED) is 0.600. The molecule has 0 aliphatic rings. The van der Waals surface area contributed by atoms with Gasteiger partial charge in [-0.25, -0.2) is 4.98 Å². The van der Waals surface area contributed by atoms with Gasteiger partial charge in [0.25, 0.3) is 0 Å². The predicted octanol–water partition coefficient (Wildman–Crippen LogP) is 1.43. The van der Waals surface area contributed by atoms with E-state index < -0.39 is 42.6 Å². The van der Waals surface area contributed by atoms with Gasteiger partial charge in [0.2, 0.25) is 11.5 Å². The van der Waals surface area contributed by atoms with Gasteiger partial charge in [0.15, 0.2) is 5.82 Å². The highest BCUT2D eigenvalue weighted by Crippen LogP contribution is 2.40. The number of nitrogens with one attached hydrogen (secondary N) is 1. The summed E-state index contributed by atoms with van der Waals surface area (Å²) in [4.78, 5) is 15.7. The summed E-state index contributed by atoms with van der Waals surface area (Å²) in [7, 11) is 4.08. The Hall–Kier alpha value is -2.79. The summed E-state index contributed by atoms with van der Waals surface area (Å²) in [5, 5.41) is 22.8. The first kappa shape index (κ1) is 22.5. The zero-order valence-corrected chi connectivity index (χ0v) is 16.0. The zero-order valence-electron chi connectivity index (χ0n) is 16.0. The van der Waals surface area contributed by atoms with Crippen LogP contribution in [0.4, 0.5) is 13.2 Å². The van der Waals surface area contributed by atoms with Crippen LogP contribution in [0.1, 0.15) is 23.9 Å². The second-order valence-corrected chi connectivity index (χ2v) is 6.32. The van der Waals surface area contributed by atoms with Crippen molar-refractivity contribution in [3.8, 4) is 11.5 Å². The molecule has 0 saturated heterocycles. The molecule has 8 nitrogen and oxygen atoms in total. The van der Waals surface area contributed by atoms with Crippen LogP contribution in [-0.2, 0) is 17.4 Å². The number of imidazole rings is 1. The fourth-order valence-electron chi connectivity index (χ4n) is 2.79. The van der Waals surface area contributed by atoms with E-state index in [0.29, 0.717) is 11.5 Å². The first-order chi connectivity index (χ1) is 13.5. The largest absolute Gasteiger partial charge is 0.497 e. The van der Waals surface area contributed by atoms with Crippen LogP contribution >= 0.6 is 0 Å². The number of benzene rings is 1. The van der Waals surface area contributed by atoms with Crippen molar-refractivity contribution in [1.29, 1.82) is 0 Å². The molecular weight excluding hydrogens is 395 g/mol. The van der Waals surface area contributed by atoms with E-state index in [1.54, 1.807) is 12.1 Å². The van der Waals surface area contributed by atoms with Crippen molar-refractivity contribution in [2.75, 3.05) is 20.8 Å². The molecule has 2 rings (SSSR count). The summed E-state index contributed by atoms with van der Waals surface area (Å²) in [5.41, 5.74) is -3.20. The minimum atomic E-state index is -5.14. The number of nitrogens with zero attached hydrogens (tertiary/aromatic N) is 2. The van der Waals surface area contributed by atoms with Crippen LogP contribution in [0.2, 0.25) is 0 Å². The maximum Gasteiger partial charge on any atom is 0.425 e. The number of aliphatic hydroxyl groups is 2. The number of ether oxygens (including phenoxy) is 2. The normalized spacial score (nSPS) is 14.8. The zero-order chi connectivity index (χ0) is 21.8. The Morgan fingerprint density at radius 1 is 1.31 bits per heavy atom. The van der Waals surface area contributed by atoms with Gasteiger partial charge in [-0.1, -0.05) is 0 Å². The summed E-state index contributed by atoms with van der Waals surface area (Å²) in [6.45, 7) is -0.406. The maximum atomic E-state index is 13.5. The number of halogens is 3. The van der Waals surface area contributed by atoms with Crippen molar-refractivity contribution in [3.63, 3.8) is 0 Å². The molecule has 1 aromatic carbocycles. The number of aryl methyl sites for hydroxylation is 1. The number of carbonyl (C=O) groups is 1. The fourth-order valence-corrected chi connectivity index (χ4v) is 2.79. The molecule has 1 heterocycles. The molecule has 11 heteroatoms. The second kappa shape index (κ2) is 8.70. The van der Waals surface area contributed by atoms with Crippen LogP contribution in [0.25, 0.3) is 0 Å². The predicted molar refractivity (Wildman–Crippen MR) is 95.3 cm³/mol. The molecule has 160 valence electrons. The van der Waals surface area contributed by atoms with Gasteiger partial charge < -0.3 is 29.6 Å². The van der Waals surface area contributed by atoms with E-state index in [4.69, 9.17) is 9.47 Å². The Balaban J connectivity index is 2.13. The van der Waals surface area contributed by atoms with Crippen molar-refractivity contribution in [2.24, 2.45) is 7.05 Å². The number of carbonyl (C=O) groups excluding carboxylic acids is 1. The van der Waals surface area contributed by atoms with Gasteiger partial charge in [-0.3, -0.25) is 4.79 Å². The van der Waals surface area contributed by atoms with E-state index in [1.165, 1.54) is 33.5 Å². The Bertz CT molecular complexity index is 856. The molecule has 1 amide bonds. The monoisotopic (exact) mass is 417 g/mol. The van der Waals surface area contributed by atoms with Gasteiger partial charge in [0.1, 0.15) is 11.5 Å². The molecule has 0 bridgehead atoms. The number of amides is 1. The third kappa shape index (κ3) is 4.80. The van der Waals surface area contributed by atoms with E-state index in [2.05, 4.69) is 10.3 Å². The lowest BCUT2D eigenvalue weighted by molar-refractivity contribution is -0.271. The SMILES string of the molecule is COc1ccc(OC)c(C(O)CNC(=O)CC(O)(c2nccn2C)C(F)(F)F)c1. The first-order valence-electron chi connectivity index (χ1n) is 8.47. The Morgan fingerprint density at radius 3 is 2.52 bits per heavy atom. The van der Waals surface area contributed by atoms with Gasteiger partial charge in [-0.15, -0.1) is 0 Å². The first-order valence-corrected chi connectivity index (χ1v) is 8.47. The van der Waals surface area contributed by atoms with E-state index >= 15 is 0 Å². The highest BCUT2D eigenvalue weighted by atomic mass is 19.4. The van der Waals surface area contributed by atoms with Crippen molar-refractivity contribution in [2.45, 2.75) is 24.3 Å². The van der Waals surface area contributed by atoms with Crippen molar-refractivity contribution < 1.29 is 37.7 Å². The van der Waals surface area contributed by atoms with Crippen LogP contribution in [-0.4, -0.2) is 52.6 Å². The summed E-state index contributed by atoms with van der Waals surface area (Å²) < 4.78 is 51.7. The Kier molecular flexibility index (Phi) is 6.75. The molecule has 0 saturated carbocycles. The average Bonchev–Trinajstić information content (AvgIpc) is 3.11. The number of aliphatic hydroxyl groups excluding tert-OH is 1. The minimum absolute atomic E-state index is 0.280. The molecule has 0 fully saturated rings. The lowest BCUT2D eigenvalue weighted by Gasteiger charge is -2.29. The third-order valence-electron chi connectivity index (χ3n) is 4.36. The molecule has 3 N–H and O–H groups in total. The molecule has 2 unspecified atom stereocenters. The molecule has 0 radical (unpaired) electrons. The van der Waals surface area contributed by atoms with E-state index in [-0.39, 0.29) is 5.56 Å². The molecule has 0 aliphatic heterocycles. The molecule has 0 spiro atoms. The molecule has 2 aromatic rings. The lowest BCUT2D eigenvalue weighted by atomic mass is 9.97. The smallest absolute Gasteiger partial charge is 0.425 e. The van der Waals surface area contributed by atoms with Crippen molar-refractivity contribution in [1.82, 2.24) is 14.9 Å². The van der Waals surface area contributed by atoms with Crippen molar-refractivity contribution >= 4 is 5.91 Å². The van der Waals surface area contributed by atoms with Crippen LogP contribution in [0.15, 0.2) is 30.6 Å². The minimum Gasteiger partial charge on any atom is -0.497 e. The standard InChI is InChI=1S/C18H22F3N3O5/c1-24-7-6-22-16(24)17(27,18(19,20)21)9-15(26)23-10-13(25)12-8-11(28-2)4-5-14(12)29-3/h4-8,13,25,27H,9-10H2,1-3H3,(H,23,26). The second-order valence-electron chi connectivity index (χ2n) is 6.32. The summed E-state index contributed by atoms with van der Waals surface area (Å²) >= 11 is 0. The molecule has 2 atom stereocenters. The van der Waals surface area contributed by atoms with Gasteiger partial charge in [0, 0.05) is 31.5 Å². The molecule has 0 aliphatic carbocycles. The number of aromatic nitrogens is 2. The summed E-state index contributed by atoms with van der Waals surface area (Å²) in [5.74, 6) is -1.09. The van der Waals surface area contributed by atoms with Gasteiger partial charge in [-0.2, -0.15) is 13.2 Å². The molecular formula is C18H22F3N3O5. The Labute approximate surface area is 164 Å². The highest BCUT2D eigenvalue weighted by molar-refractivity contribution is 5.77. The van der Waals surface area contributed by atoms with E-state index in [0.717, 1.165) is 10.8 Å². The number of rotatable bonds is 8. The molecule has 29 heavy (non-hydrogen) atoms. The average molecular weight is 417 g/mol. The Morgan fingerprint density at radius 2 is 2.00 bits per heavy atom. The number of hydrogen-bond donors (Lipinski definition) is 3. The summed E-state index contributed by atoms with van der Waals surface area (Å²) in [6.07, 6.45) is -5.43. The number of methoxy groups -OCH3 is 2. The van der Waals surface area contributed by atoms with E-state index in [1.807, 2.05) is 0 Å².